The number of ether oxygens (including phenoxy) is 1. The number of carbonyl (C=O) groups excluding carboxylic acids is 1. The Morgan fingerprint density at radius 1 is 1.21 bits per heavy atom. The number of nitrogens with one attached hydrogen (secondary N) is 1. The van der Waals surface area contributed by atoms with Gasteiger partial charge in [-0.05, 0) is 32.9 Å². The van der Waals surface area contributed by atoms with Gasteiger partial charge in [0, 0.05) is 17.5 Å². The molecule has 7 nitrogen and oxygen atoms in total. The molecule has 0 fully saturated rings. The number of hydrogen-bond acceptors (Lipinski definition) is 6. The molecular formula is C21H26ClN5O2. The van der Waals surface area contributed by atoms with Crippen molar-refractivity contribution in [2.24, 2.45) is 0 Å². The van der Waals surface area contributed by atoms with Crippen molar-refractivity contribution in [3.8, 4) is 0 Å². The molecule has 0 bridgehead atoms. The van der Waals surface area contributed by atoms with E-state index in [4.69, 9.17) is 4.74 Å². The summed E-state index contributed by atoms with van der Waals surface area (Å²) in [7, 11) is 0. The summed E-state index contributed by atoms with van der Waals surface area (Å²) in [6, 6.07) is 1.92. The van der Waals surface area contributed by atoms with Crippen LogP contribution in [0.5, 0.6) is 0 Å². The van der Waals surface area contributed by atoms with E-state index in [0.717, 1.165) is 28.2 Å². The first-order valence-electron chi connectivity index (χ1n) is 9.01. The van der Waals surface area contributed by atoms with Crippen LogP contribution in [0.3, 0.4) is 0 Å². The number of anilines is 2. The van der Waals surface area contributed by atoms with Gasteiger partial charge in [-0.1, -0.05) is 19.2 Å². The number of amides is 1. The molecule has 0 radical (unpaired) electrons. The highest BCUT2D eigenvalue weighted by Gasteiger charge is 2.30. The fourth-order valence-corrected chi connectivity index (χ4v) is 2.77. The summed E-state index contributed by atoms with van der Waals surface area (Å²) < 4.78 is 5.45. The largest absolute Gasteiger partial charge is 0.444 e. The quantitative estimate of drug-likeness (QED) is 0.707. The highest BCUT2D eigenvalue weighted by atomic mass is 35.5. The number of hydrogen-bond donors (Lipinski definition) is 1. The van der Waals surface area contributed by atoms with Gasteiger partial charge in [-0.3, -0.25) is 9.88 Å². The summed E-state index contributed by atoms with van der Waals surface area (Å²) in [6.45, 7) is 13.9. The van der Waals surface area contributed by atoms with Crippen LogP contribution in [-0.2, 0) is 17.8 Å². The van der Waals surface area contributed by atoms with Crippen LogP contribution in [0.25, 0.3) is 12.2 Å². The van der Waals surface area contributed by atoms with E-state index in [1.165, 1.54) is 12.7 Å². The SMILES string of the molecule is C=Cc1cc(Nc2ncnc3c2CN(C(=O)OC(C)(C)C)C3)cnc1C=C.CCl. The maximum atomic E-state index is 12.4. The van der Waals surface area contributed by atoms with Gasteiger partial charge in [0.25, 0.3) is 0 Å². The van der Waals surface area contributed by atoms with Crippen molar-refractivity contribution in [1.82, 2.24) is 19.9 Å². The number of fused-ring (bicyclic) bond motifs is 1. The van der Waals surface area contributed by atoms with Gasteiger partial charge in [0.15, 0.2) is 0 Å². The fourth-order valence-electron chi connectivity index (χ4n) is 2.77. The number of halogens is 1. The van der Waals surface area contributed by atoms with E-state index >= 15 is 0 Å². The molecule has 29 heavy (non-hydrogen) atoms. The average molecular weight is 416 g/mol. The van der Waals surface area contributed by atoms with Crippen molar-refractivity contribution in [2.75, 3.05) is 11.7 Å². The summed E-state index contributed by atoms with van der Waals surface area (Å²) >= 11 is 4.64. The third-order valence-electron chi connectivity index (χ3n) is 4.00. The minimum absolute atomic E-state index is 0.364. The molecule has 0 aromatic carbocycles. The van der Waals surface area contributed by atoms with Gasteiger partial charge in [-0.25, -0.2) is 14.8 Å². The van der Waals surface area contributed by atoms with Crippen LogP contribution < -0.4 is 5.32 Å². The van der Waals surface area contributed by atoms with Gasteiger partial charge in [0.1, 0.15) is 17.7 Å². The predicted molar refractivity (Wildman–Crippen MR) is 117 cm³/mol. The van der Waals surface area contributed by atoms with Gasteiger partial charge >= 0.3 is 6.09 Å². The molecule has 1 aliphatic rings. The van der Waals surface area contributed by atoms with E-state index in [1.54, 1.807) is 23.2 Å². The Kier molecular flexibility index (Phi) is 7.34. The van der Waals surface area contributed by atoms with Gasteiger partial charge in [0.05, 0.1) is 36.4 Å². The Morgan fingerprint density at radius 3 is 2.55 bits per heavy atom. The Morgan fingerprint density at radius 2 is 1.93 bits per heavy atom. The van der Waals surface area contributed by atoms with E-state index < -0.39 is 5.60 Å². The van der Waals surface area contributed by atoms with Crippen LogP contribution in [0.4, 0.5) is 16.3 Å². The number of pyridine rings is 1. The number of rotatable bonds is 4. The predicted octanol–water partition coefficient (Wildman–Crippen LogP) is 5.01. The van der Waals surface area contributed by atoms with Crippen LogP contribution in [-0.4, -0.2) is 37.9 Å². The van der Waals surface area contributed by atoms with E-state index in [2.05, 4.69) is 45.0 Å². The minimum atomic E-state index is -0.543. The monoisotopic (exact) mass is 415 g/mol. The van der Waals surface area contributed by atoms with Gasteiger partial charge in [0.2, 0.25) is 0 Å². The van der Waals surface area contributed by atoms with E-state index in [1.807, 2.05) is 26.8 Å². The van der Waals surface area contributed by atoms with E-state index in [9.17, 15) is 4.79 Å². The molecule has 0 saturated carbocycles. The molecule has 0 unspecified atom stereocenters. The first kappa shape index (κ1) is 22.4. The lowest BCUT2D eigenvalue weighted by Crippen LogP contribution is -2.33. The summed E-state index contributed by atoms with van der Waals surface area (Å²) in [6.07, 6.45) is 7.71. The smallest absolute Gasteiger partial charge is 0.410 e. The Labute approximate surface area is 176 Å². The van der Waals surface area contributed by atoms with Crippen LogP contribution in [0.2, 0.25) is 0 Å². The summed E-state index contributed by atoms with van der Waals surface area (Å²) in [5.74, 6) is 0.647. The van der Waals surface area contributed by atoms with E-state index in [0.29, 0.717) is 18.9 Å². The first-order valence-corrected chi connectivity index (χ1v) is 9.76. The molecule has 0 atom stereocenters. The second-order valence-electron chi connectivity index (χ2n) is 7.22. The molecule has 3 rings (SSSR count). The summed E-state index contributed by atoms with van der Waals surface area (Å²) in [4.78, 5) is 27.0. The number of alkyl halides is 1. The van der Waals surface area contributed by atoms with Gasteiger partial charge < -0.3 is 10.1 Å². The zero-order valence-electron chi connectivity index (χ0n) is 17.2. The number of aromatic nitrogens is 3. The minimum Gasteiger partial charge on any atom is -0.444 e. The third kappa shape index (κ3) is 5.54. The molecule has 0 aliphatic carbocycles. The highest BCUT2D eigenvalue weighted by molar-refractivity contribution is 6.15. The molecule has 0 spiro atoms. The average Bonchev–Trinajstić information content (AvgIpc) is 3.14. The fraction of sp³-hybridized carbons (Fsp3) is 0.333. The Bertz CT molecular complexity index is 908. The van der Waals surface area contributed by atoms with Gasteiger partial charge in [-0.15, -0.1) is 11.6 Å². The molecular weight excluding hydrogens is 390 g/mol. The number of carbonyl (C=O) groups is 1. The molecule has 1 amide bonds. The summed E-state index contributed by atoms with van der Waals surface area (Å²) in [5.41, 5.74) is 3.54. The van der Waals surface area contributed by atoms with Crippen molar-refractivity contribution in [2.45, 2.75) is 39.5 Å². The molecule has 154 valence electrons. The lowest BCUT2D eigenvalue weighted by Gasteiger charge is -2.24. The maximum absolute atomic E-state index is 12.4. The molecule has 0 saturated heterocycles. The molecule has 1 aliphatic heterocycles. The molecule has 2 aromatic rings. The second-order valence-corrected chi connectivity index (χ2v) is 7.22. The van der Waals surface area contributed by atoms with Crippen molar-refractivity contribution < 1.29 is 9.53 Å². The maximum Gasteiger partial charge on any atom is 0.410 e. The van der Waals surface area contributed by atoms with Crippen LogP contribution in [0.1, 0.15) is 43.3 Å². The second kappa shape index (κ2) is 9.52. The Hall–Kier alpha value is -2.93. The standard InChI is InChI=1S/C20H23N5O2.CH3Cl/c1-6-13-8-14(9-21-16(13)7-2)24-18-15-10-25(11-17(15)22-12-23-18)19(26)27-20(3,4)5;1-2/h6-9,12H,1-2,10-11H2,3-5H3,(H,22,23,24);1H3. The van der Waals surface area contributed by atoms with Crippen molar-refractivity contribution in [3.05, 3.63) is 54.3 Å². The first-order chi connectivity index (χ1) is 13.8. The topological polar surface area (TPSA) is 80.2 Å². The zero-order valence-corrected chi connectivity index (χ0v) is 18.0. The molecule has 8 heteroatoms. The molecule has 2 aromatic heterocycles. The van der Waals surface area contributed by atoms with Crippen molar-refractivity contribution in [3.63, 3.8) is 0 Å². The van der Waals surface area contributed by atoms with Crippen LogP contribution >= 0.6 is 11.6 Å². The summed E-state index contributed by atoms with van der Waals surface area (Å²) in [5, 5.41) is 3.26. The lowest BCUT2D eigenvalue weighted by molar-refractivity contribution is 0.0241. The zero-order chi connectivity index (χ0) is 21.6. The van der Waals surface area contributed by atoms with Crippen LogP contribution in [0.15, 0.2) is 31.7 Å². The third-order valence-corrected chi connectivity index (χ3v) is 4.00. The van der Waals surface area contributed by atoms with Crippen LogP contribution in [0, 0.1) is 0 Å². The number of nitrogens with zero attached hydrogens (tertiary/aromatic N) is 4. The van der Waals surface area contributed by atoms with E-state index in [-0.39, 0.29) is 6.09 Å². The molecule has 3 heterocycles. The molecule has 1 N–H and O–H groups in total. The van der Waals surface area contributed by atoms with Crippen molar-refractivity contribution in [1.29, 1.82) is 0 Å². The lowest BCUT2D eigenvalue weighted by atomic mass is 10.1. The normalized spacial score (nSPS) is 12.4. The van der Waals surface area contributed by atoms with Crippen molar-refractivity contribution >= 4 is 41.4 Å². The van der Waals surface area contributed by atoms with Gasteiger partial charge in [-0.2, -0.15) is 0 Å². The Balaban J connectivity index is 0.00000145. The highest BCUT2D eigenvalue weighted by Crippen LogP contribution is 2.29.